The predicted molar refractivity (Wildman–Crippen MR) is 468 cm³/mol. The summed E-state index contributed by atoms with van der Waals surface area (Å²) in [5, 5.41) is 0. The number of esters is 5. The minimum absolute atomic E-state index is 0.0559. The molecule has 0 amide bonds. The van der Waals surface area contributed by atoms with Gasteiger partial charge in [0.25, 0.3) is 0 Å². The first kappa shape index (κ1) is 105. The molecule has 1 fully saturated rings. The average Bonchev–Trinajstić information content (AvgIpc) is 1.68. The minimum Gasteiger partial charge on any atom is -0.462 e. The van der Waals surface area contributed by atoms with Gasteiger partial charge < -0.3 is 33.2 Å². The Morgan fingerprint density at radius 3 is 0.811 bits per heavy atom. The van der Waals surface area contributed by atoms with Crippen LogP contribution in [0.25, 0.3) is 0 Å². The summed E-state index contributed by atoms with van der Waals surface area (Å²) in [6.45, 7) is 10.7. The van der Waals surface area contributed by atoms with Crippen LogP contribution in [0.2, 0.25) is 0 Å². The van der Waals surface area contributed by atoms with Crippen LogP contribution in [0.4, 0.5) is 0 Å². The van der Waals surface area contributed by atoms with Crippen LogP contribution in [-0.4, -0.2) is 86.8 Å². The number of ether oxygens (including phenoxy) is 7. The second-order valence-corrected chi connectivity index (χ2v) is 32.8. The summed E-state index contributed by atoms with van der Waals surface area (Å²) >= 11 is 0. The lowest BCUT2D eigenvalue weighted by Gasteiger charge is -2.29. The molecule has 0 N–H and O–H groups in total. The number of rotatable bonds is 86. The van der Waals surface area contributed by atoms with E-state index in [-0.39, 0.29) is 76.4 Å². The Labute approximate surface area is 685 Å². The zero-order valence-electron chi connectivity index (χ0n) is 73.4. The molecule has 1 aliphatic rings. The summed E-state index contributed by atoms with van der Waals surface area (Å²) < 4.78 is 43.7. The van der Waals surface area contributed by atoms with Gasteiger partial charge in [-0.3, -0.25) is 24.0 Å². The monoisotopic (exact) mass is 1560 g/mol. The van der Waals surface area contributed by atoms with Crippen LogP contribution in [0.1, 0.15) is 484 Å². The molecule has 1 rings (SSSR count). The lowest BCUT2D eigenvalue weighted by Crippen LogP contribution is -2.47. The molecule has 12 nitrogen and oxygen atoms in total. The molecule has 1 aliphatic heterocycles. The molecular formula is C99H178O12. The van der Waals surface area contributed by atoms with Crippen molar-refractivity contribution >= 4 is 29.8 Å². The quantitative estimate of drug-likeness (QED) is 0.0247. The third kappa shape index (κ3) is 73.3. The van der Waals surface area contributed by atoms with Crippen molar-refractivity contribution in [2.24, 2.45) is 0 Å². The van der Waals surface area contributed by atoms with E-state index in [1.807, 2.05) is 0 Å². The van der Waals surface area contributed by atoms with Gasteiger partial charge >= 0.3 is 29.8 Å². The first-order valence-electron chi connectivity index (χ1n) is 48.1. The summed E-state index contributed by atoms with van der Waals surface area (Å²) in [6.07, 6.45) is 94.1. The minimum atomic E-state index is -1.08. The van der Waals surface area contributed by atoms with Crippen LogP contribution >= 0.6 is 0 Å². The molecule has 0 aliphatic carbocycles. The van der Waals surface area contributed by atoms with Gasteiger partial charge in [-0.2, -0.15) is 0 Å². The van der Waals surface area contributed by atoms with E-state index in [1.165, 1.54) is 199 Å². The van der Waals surface area contributed by atoms with E-state index in [2.05, 4.69) is 95.4 Å². The van der Waals surface area contributed by atoms with Crippen LogP contribution in [0.15, 0.2) is 60.8 Å². The first-order chi connectivity index (χ1) is 54.7. The molecule has 1 unspecified atom stereocenters. The maximum absolute atomic E-state index is 14.1. The average molecular weight is 1560 g/mol. The second kappa shape index (κ2) is 85.3. The Morgan fingerprint density at radius 1 is 0.270 bits per heavy atom. The van der Waals surface area contributed by atoms with Crippen molar-refractivity contribution < 1.29 is 57.1 Å². The van der Waals surface area contributed by atoms with Crippen molar-refractivity contribution in [1.82, 2.24) is 0 Å². The lowest BCUT2D eigenvalue weighted by molar-refractivity contribution is -0.179. The molecule has 0 saturated carbocycles. The molecule has 12 heteroatoms. The number of carbonyl (C=O) groups excluding carboxylic acids is 5. The third-order valence-electron chi connectivity index (χ3n) is 21.9. The maximum atomic E-state index is 14.1. The zero-order chi connectivity index (χ0) is 80.1. The van der Waals surface area contributed by atoms with Gasteiger partial charge in [-0.25, -0.2) is 0 Å². The van der Waals surface area contributed by atoms with Crippen molar-refractivity contribution in [2.75, 3.05) is 26.4 Å². The van der Waals surface area contributed by atoms with Crippen molar-refractivity contribution in [3.8, 4) is 0 Å². The third-order valence-corrected chi connectivity index (χ3v) is 21.9. The van der Waals surface area contributed by atoms with Crippen LogP contribution in [0.5, 0.6) is 0 Å². The SMILES string of the molecule is CCCCCCCCC=CCCCCCCCC(=O)OCC(COC[C@@H](OC(=O)CCCCCCCC=CCCCCCCCC)[C@H]1OC[C@H](OC(=O)CCCCCCCC=CCCCCCCCC)[C@H]1OC(=O)CCCCCCCC=CCCCCCCCC)OC(=O)CCCCCCCC=CCCCCCCCC. The van der Waals surface area contributed by atoms with Crippen molar-refractivity contribution in [2.45, 2.75) is 515 Å². The number of allylic oxidation sites excluding steroid dienone is 10. The molecule has 0 aromatic heterocycles. The molecule has 0 aromatic rings. The fraction of sp³-hybridized carbons (Fsp3) is 0.848. The highest BCUT2D eigenvalue weighted by atomic mass is 16.7. The molecule has 0 bridgehead atoms. The standard InChI is InChI=1S/C99H178O12/c1-6-11-16-21-26-31-36-41-46-51-56-61-66-71-76-81-93(100)106-87-90(108-94(101)82-77-72-67-62-57-52-47-42-37-32-27-22-17-12-7-2)86-105-88-91(109-95(102)83-78-73-68-63-58-53-48-43-38-33-28-23-18-13-8-3)98-99(111-97(104)85-80-75-70-65-60-55-50-45-40-35-30-25-20-15-10-5)92(89-107-98)110-96(103)84-79-74-69-64-59-54-49-44-39-34-29-24-19-14-9-4/h41-50,90-92,98-99H,6-40,51-89H2,1-5H3/t90?,91-,92+,98-,99-/m1/s1. The molecule has 111 heavy (non-hydrogen) atoms. The van der Waals surface area contributed by atoms with E-state index in [1.54, 1.807) is 0 Å². The van der Waals surface area contributed by atoms with Crippen LogP contribution < -0.4 is 0 Å². The Kier molecular flexibility index (Phi) is 80.7. The topological polar surface area (TPSA) is 150 Å². The Balaban J connectivity index is 3.29. The molecule has 0 radical (unpaired) electrons. The lowest BCUT2D eigenvalue weighted by atomic mass is 10.0. The Hall–Kier alpha value is -4.03. The number of carbonyl (C=O) groups is 5. The van der Waals surface area contributed by atoms with Crippen LogP contribution in [0, 0.1) is 0 Å². The van der Waals surface area contributed by atoms with Gasteiger partial charge in [0.1, 0.15) is 12.7 Å². The zero-order valence-corrected chi connectivity index (χ0v) is 73.4. The van der Waals surface area contributed by atoms with Crippen LogP contribution in [-0.2, 0) is 57.1 Å². The molecule has 1 saturated heterocycles. The summed E-state index contributed by atoms with van der Waals surface area (Å²) in [7, 11) is 0. The number of hydrogen-bond acceptors (Lipinski definition) is 12. The van der Waals surface area contributed by atoms with E-state index >= 15 is 0 Å². The van der Waals surface area contributed by atoms with Gasteiger partial charge in [0.15, 0.2) is 24.4 Å². The summed E-state index contributed by atoms with van der Waals surface area (Å²) in [5.41, 5.74) is 0. The van der Waals surface area contributed by atoms with Gasteiger partial charge in [-0.15, -0.1) is 0 Å². The van der Waals surface area contributed by atoms with Crippen molar-refractivity contribution in [3.63, 3.8) is 0 Å². The van der Waals surface area contributed by atoms with Gasteiger partial charge in [0.05, 0.1) is 19.8 Å². The highest BCUT2D eigenvalue weighted by Crippen LogP contribution is 2.29. The van der Waals surface area contributed by atoms with Gasteiger partial charge in [-0.1, -0.05) is 352 Å². The highest BCUT2D eigenvalue weighted by Gasteiger charge is 2.48. The van der Waals surface area contributed by atoms with Crippen LogP contribution in [0.3, 0.4) is 0 Å². The van der Waals surface area contributed by atoms with E-state index in [0.29, 0.717) is 32.1 Å². The molecule has 0 spiro atoms. The largest absolute Gasteiger partial charge is 0.462 e. The molecule has 1 heterocycles. The molecule has 5 atom stereocenters. The maximum Gasteiger partial charge on any atom is 0.306 e. The van der Waals surface area contributed by atoms with Gasteiger partial charge in [0, 0.05) is 32.1 Å². The summed E-state index contributed by atoms with van der Waals surface area (Å²) in [4.78, 5) is 68.9. The van der Waals surface area contributed by atoms with Gasteiger partial charge in [-0.05, 0) is 161 Å². The van der Waals surface area contributed by atoms with E-state index < -0.39 is 42.5 Å². The molecular weight excluding hydrogens is 1380 g/mol. The fourth-order valence-electron chi connectivity index (χ4n) is 14.7. The smallest absolute Gasteiger partial charge is 0.306 e. The van der Waals surface area contributed by atoms with E-state index in [4.69, 9.17) is 33.2 Å². The Morgan fingerprint density at radius 2 is 0.514 bits per heavy atom. The van der Waals surface area contributed by atoms with E-state index in [9.17, 15) is 24.0 Å². The summed E-state index contributed by atoms with van der Waals surface area (Å²) in [5.74, 6) is -1.97. The molecule has 0 aromatic carbocycles. The normalized spacial score (nSPS) is 15.2. The highest BCUT2D eigenvalue weighted by molar-refractivity contribution is 5.72. The van der Waals surface area contributed by atoms with Gasteiger partial charge in [0.2, 0.25) is 0 Å². The van der Waals surface area contributed by atoms with Crippen molar-refractivity contribution in [3.05, 3.63) is 60.8 Å². The first-order valence-corrected chi connectivity index (χ1v) is 48.1. The Bertz CT molecular complexity index is 2200. The van der Waals surface area contributed by atoms with Crippen molar-refractivity contribution in [1.29, 1.82) is 0 Å². The fourth-order valence-corrected chi connectivity index (χ4v) is 14.7. The summed E-state index contributed by atoms with van der Waals surface area (Å²) in [6, 6.07) is 0. The number of hydrogen-bond donors (Lipinski definition) is 0. The predicted octanol–water partition coefficient (Wildman–Crippen LogP) is 29.8. The van der Waals surface area contributed by atoms with E-state index in [0.717, 1.165) is 186 Å². The second-order valence-electron chi connectivity index (χ2n) is 32.8. The number of unbranched alkanes of at least 4 members (excludes halogenated alkanes) is 55. The molecule has 646 valence electrons.